The summed E-state index contributed by atoms with van der Waals surface area (Å²) in [5, 5.41) is 2.28. The molecule has 5 fully saturated rings. The Balaban J connectivity index is -0.000000103. The van der Waals surface area contributed by atoms with Gasteiger partial charge in [0.15, 0.2) is 0 Å². The number of hydrogen-bond donors (Lipinski definition) is 1. The Morgan fingerprint density at radius 2 is 1.09 bits per heavy atom. The number of piperidine rings is 1. The number of nitrogens with one attached hydrogen (secondary N) is 1. The quantitative estimate of drug-likeness (QED) is 0.126. The second-order valence-electron chi connectivity index (χ2n) is 18.9. The van der Waals surface area contributed by atoms with Crippen molar-refractivity contribution in [3.8, 4) is 24.7 Å². The van der Waals surface area contributed by atoms with Gasteiger partial charge >= 0.3 is 24.2 Å². The molecule has 6 rings (SSSR count). The molecule has 0 bridgehead atoms. The second-order valence-corrected chi connectivity index (χ2v) is 18.9. The monoisotopic (exact) mass is 1480 g/mol. The minimum atomic E-state index is -0.497. The summed E-state index contributed by atoms with van der Waals surface area (Å²) in [6, 6.07) is 9.02. The van der Waals surface area contributed by atoms with Crippen LogP contribution in [0, 0.1) is 44.5 Å². The van der Waals surface area contributed by atoms with Crippen LogP contribution in [0.15, 0.2) is 30.3 Å². The van der Waals surface area contributed by atoms with Crippen LogP contribution in [-0.4, -0.2) is 186 Å². The summed E-state index contributed by atoms with van der Waals surface area (Å²) < 4.78 is 16.8. The third-order valence-corrected chi connectivity index (χ3v) is 11.2. The summed E-state index contributed by atoms with van der Waals surface area (Å²) >= 11 is 4.05. The van der Waals surface area contributed by atoms with E-state index in [2.05, 4.69) is 68.3 Å². The summed E-state index contributed by atoms with van der Waals surface area (Å²) in [4.78, 5) is 77.6. The number of carbonyl (C=O) groups excluding carboxylic acids is 5. The standard InChI is InChI=1S/C18H30N4O3.C16H26N2O3.C10H10N2O2.C5H12.2C2H6.CH3I.CH2I.3CH4.2CH3.3V/c1-5-6-7-19-8-10-20(11-9-19)16(23)21-12-14-22(15-13-21)17(24)25-18(2,3)4;1-5-8-17-11-12-20-16(13-17)6-9-18(10-7-16)14(19)21-15(2,3)4;13-9-6-7-12(10(14)11-9)8-4-2-1-3-5-8;1-3-5-4-2;4*1-2;;;;;;;;/h1H,6-15H2,2-4H3;1H,6-13H2,2-4H3;1-5H,6-7H2,(H,11,13,14);3-5H2,1-2H3;2*1-2H3;1H3;1H2;3*1H4;2*1H3;;;/q;;;;;;;-1;;;;2*-1;;;. The van der Waals surface area contributed by atoms with Crippen molar-refractivity contribution in [2.75, 3.05) is 115 Å². The fourth-order valence-corrected chi connectivity index (χ4v) is 7.68. The number of carbonyl (C=O) groups is 5. The Morgan fingerprint density at radius 1 is 0.667 bits per heavy atom. The molecule has 1 N–H and O–H groups in total. The van der Waals surface area contributed by atoms with E-state index in [1.807, 2.05) is 137 Å². The molecule has 5 saturated heterocycles. The fourth-order valence-electron chi connectivity index (χ4n) is 7.68. The summed E-state index contributed by atoms with van der Waals surface area (Å²) in [6.07, 6.45) is 17.0. The van der Waals surface area contributed by atoms with Gasteiger partial charge in [-0.05, 0) is 71.4 Å². The van der Waals surface area contributed by atoms with E-state index in [0.717, 1.165) is 70.8 Å². The Bertz CT molecular complexity index is 1760. The van der Waals surface area contributed by atoms with Gasteiger partial charge in [-0.2, -0.15) is 0 Å². The number of ether oxygens (including phenoxy) is 3. The van der Waals surface area contributed by atoms with Gasteiger partial charge in [0.1, 0.15) is 11.2 Å². The van der Waals surface area contributed by atoms with Gasteiger partial charge in [0, 0.05) is 166 Å². The van der Waals surface area contributed by atoms with Gasteiger partial charge < -0.3 is 71.3 Å². The number of nitrogens with zero attached hydrogens (tertiary/aromatic N) is 7. The molecular weight excluding hydrogens is 1370 g/mol. The van der Waals surface area contributed by atoms with Crippen molar-refractivity contribution in [1.82, 2.24) is 34.7 Å². The number of halogens is 2. The molecule has 7 amide bonds. The number of rotatable bonds is 6. The van der Waals surface area contributed by atoms with Gasteiger partial charge in [0.05, 0.1) is 18.8 Å². The molecule has 0 saturated carbocycles. The third kappa shape index (κ3) is 43.5. The largest absolute Gasteiger partial charge is 0.444 e. The van der Waals surface area contributed by atoms with E-state index >= 15 is 0 Å². The van der Waals surface area contributed by atoms with Crippen molar-refractivity contribution >= 4 is 81.0 Å². The zero-order chi connectivity index (χ0) is 56.0. The first-order valence-electron chi connectivity index (χ1n) is 26.1. The van der Waals surface area contributed by atoms with E-state index in [1.54, 1.807) is 14.7 Å². The van der Waals surface area contributed by atoms with Gasteiger partial charge in [0.2, 0.25) is 5.91 Å². The molecule has 16 nitrogen and oxygen atoms in total. The van der Waals surface area contributed by atoms with Crippen LogP contribution in [0.3, 0.4) is 0 Å². The van der Waals surface area contributed by atoms with E-state index in [9.17, 15) is 24.0 Å². The van der Waals surface area contributed by atoms with Crippen LogP contribution in [0.5, 0.6) is 0 Å². The number of likely N-dealkylation sites (tertiary alicyclic amines) is 1. The number of hydrogen-bond acceptors (Lipinski definition) is 10. The van der Waals surface area contributed by atoms with Gasteiger partial charge in [-0.1, -0.05) is 130 Å². The molecule has 1 aromatic carbocycles. The molecule has 473 valence electrons. The molecule has 0 atom stereocenters. The first-order valence-corrected chi connectivity index (χ1v) is 29.8. The Hall–Kier alpha value is -1.82. The van der Waals surface area contributed by atoms with E-state index in [4.69, 9.17) is 27.1 Å². The smallest absolute Gasteiger partial charge is 0.410 e. The SMILES string of the molecule is C.C.C.C#CCCN1CCN(C(=O)N2CCN(C(=O)OC(C)(C)C)CC2)CC1.C#CCN1CCOC2(CCN(C(=O)OC(C)(C)C)CC2)C1.CC.CC.CCCCC.CI.O=C1CCN(c2ccccc2)C(=O)N1.[CH2-]I.[CH3-].[CH3-].[V].[V].[V]. The maximum atomic E-state index is 12.6. The van der Waals surface area contributed by atoms with E-state index in [-0.39, 0.29) is 129 Å². The van der Waals surface area contributed by atoms with Crippen molar-refractivity contribution in [2.24, 2.45) is 0 Å². The normalized spacial score (nSPS) is 15.7. The Labute approximate surface area is 561 Å². The number of unbranched alkanes of at least 4 members (excludes halogenated alkanes) is 2. The second kappa shape index (κ2) is 58.6. The number of imide groups is 1. The molecule has 21 heteroatoms. The number of alkyl halides is 1. The zero-order valence-electron chi connectivity index (χ0n) is 50.5. The minimum absolute atomic E-state index is 0. The van der Waals surface area contributed by atoms with E-state index in [0.29, 0.717) is 65.4 Å². The molecule has 5 heterocycles. The predicted octanol–water partition coefficient (Wildman–Crippen LogP) is 13.5. The van der Waals surface area contributed by atoms with Crippen LogP contribution in [-0.2, 0) is 74.7 Å². The van der Waals surface area contributed by atoms with Crippen LogP contribution >= 0.6 is 45.2 Å². The van der Waals surface area contributed by atoms with Gasteiger partial charge in [-0.3, -0.25) is 29.7 Å². The zero-order valence-corrected chi connectivity index (χ0v) is 59.0. The summed E-state index contributed by atoms with van der Waals surface area (Å²) in [5.41, 5.74) is -0.272. The topological polar surface area (TPSA) is 148 Å². The predicted molar refractivity (Wildman–Crippen MR) is 349 cm³/mol. The number of urea groups is 2. The molecule has 0 aromatic heterocycles. The van der Waals surface area contributed by atoms with Crippen molar-refractivity contribution in [2.45, 2.75) is 167 Å². The van der Waals surface area contributed by atoms with Crippen molar-refractivity contribution < 1.29 is 93.9 Å². The molecule has 81 heavy (non-hydrogen) atoms. The van der Waals surface area contributed by atoms with Gasteiger partial charge in [-0.25, -0.2) is 19.2 Å². The van der Waals surface area contributed by atoms with Crippen LogP contribution in [0.1, 0.15) is 150 Å². The average Bonchev–Trinajstić information content (AvgIpc) is 3.38. The van der Waals surface area contributed by atoms with Crippen molar-refractivity contribution in [3.05, 3.63) is 50.1 Å². The maximum Gasteiger partial charge on any atom is 0.410 e. The number of amides is 7. The fraction of sp³-hybridized carbons (Fsp3) is 0.700. The first-order chi connectivity index (χ1) is 34.8. The Kier molecular flexibility index (Phi) is 73.1. The molecule has 1 aromatic rings. The van der Waals surface area contributed by atoms with Crippen LogP contribution in [0.2, 0.25) is 0 Å². The third-order valence-electron chi connectivity index (χ3n) is 11.2. The van der Waals surface area contributed by atoms with E-state index < -0.39 is 11.2 Å². The number of terminal acetylenes is 2. The maximum absolute atomic E-state index is 12.6. The summed E-state index contributed by atoms with van der Waals surface area (Å²) in [7, 11) is 0. The number of morpholine rings is 1. The number of piperazine rings is 2. The molecule has 0 aliphatic carbocycles. The Morgan fingerprint density at radius 3 is 1.47 bits per heavy atom. The number of anilines is 1. The van der Waals surface area contributed by atoms with Crippen LogP contribution in [0.4, 0.5) is 24.9 Å². The van der Waals surface area contributed by atoms with Gasteiger partial charge in [0.25, 0.3) is 0 Å². The first kappa shape index (κ1) is 101. The molecule has 0 unspecified atom stereocenters. The van der Waals surface area contributed by atoms with Crippen LogP contribution in [0.25, 0.3) is 0 Å². The summed E-state index contributed by atoms with van der Waals surface area (Å²) in [6.45, 7) is 34.8. The molecule has 5 aliphatic heterocycles. The van der Waals surface area contributed by atoms with Crippen molar-refractivity contribution in [3.63, 3.8) is 0 Å². The number of benzene rings is 1. The summed E-state index contributed by atoms with van der Waals surface area (Å²) in [5.74, 6) is 5.15. The van der Waals surface area contributed by atoms with Gasteiger partial charge in [-0.15, -0.1) is 18.8 Å². The van der Waals surface area contributed by atoms with Crippen molar-refractivity contribution in [1.29, 1.82) is 0 Å². The molecule has 3 radical (unpaired) electrons. The number of para-hydroxylation sites is 1. The molecule has 5 aliphatic rings. The molecule has 1 spiro atoms. The average molecular weight is 1480 g/mol. The van der Waals surface area contributed by atoms with E-state index in [1.165, 1.54) is 19.3 Å². The molecular formula is C60H113I2N8O8V3-3. The van der Waals surface area contributed by atoms with Crippen LogP contribution < -0.4 is 10.2 Å². The minimum Gasteiger partial charge on any atom is -0.444 e.